The molecule has 0 heterocycles. The van der Waals surface area contributed by atoms with Gasteiger partial charge in [0.2, 0.25) is 0 Å². The molecule has 1 aliphatic rings. The van der Waals surface area contributed by atoms with Crippen LogP contribution in [0.5, 0.6) is 0 Å². The Morgan fingerprint density at radius 1 is 1.36 bits per heavy atom. The average molecular weight is 196 g/mol. The van der Waals surface area contributed by atoms with Crippen LogP contribution >= 0.6 is 0 Å². The van der Waals surface area contributed by atoms with Crippen LogP contribution < -0.4 is 5.32 Å². The molecule has 2 N–H and O–H groups in total. The number of hydrogen-bond acceptors (Lipinski definition) is 3. The maximum absolute atomic E-state index is 9.55. The van der Waals surface area contributed by atoms with E-state index in [-0.39, 0.29) is 6.10 Å². The fourth-order valence-corrected chi connectivity index (χ4v) is 2.00. The molecule has 1 saturated carbocycles. The summed E-state index contributed by atoms with van der Waals surface area (Å²) in [4.78, 5) is 0. The van der Waals surface area contributed by atoms with E-state index in [0.717, 1.165) is 38.8 Å². The van der Waals surface area contributed by atoms with Crippen molar-refractivity contribution in [3.8, 4) is 6.07 Å². The second kappa shape index (κ2) is 6.80. The van der Waals surface area contributed by atoms with Gasteiger partial charge < -0.3 is 10.4 Å². The van der Waals surface area contributed by atoms with Crippen molar-refractivity contribution in [2.75, 3.05) is 13.1 Å². The summed E-state index contributed by atoms with van der Waals surface area (Å²) < 4.78 is 0. The molecule has 0 aromatic carbocycles. The summed E-state index contributed by atoms with van der Waals surface area (Å²) in [6.45, 7) is 1.92. The Morgan fingerprint density at radius 2 is 2.21 bits per heavy atom. The Labute approximate surface area is 86.1 Å². The predicted molar refractivity (Wildman–Crippen MR) is 55.7 cm³/mol. The van der Waals surface area contributed by atoms with Crippen molar-refractivity contribution >= 4 is 0 Å². The SMILES string of the molecule is N#CCCCCNCC1CCCC1O. The first-order valence-electron chi connectivity index (χ1n) is 5.60. The minimum atomic E-state index is -0.0818. The molecule has 3 nitrogen and oxygen atoms in total. The molecule has 0 amide bonds. The summed E-state index contributed by atoms with van der Waals surface area (Å²) >= 11 is 0. The van der Waals surface area contributed by atoms with Crippen LogP contribution in [-0.4, -0.2) is 24.3 Å². The lowest BCUT2D eigenvalue weighted by Crippen LogP contribution is -2.28. The molecule has 0 aromatic heterocycles. The van der Waals surface area contributed by atoms with Crippen molar-refractivity contribution < 1.29 is 5.11 Å². The zero-order valence-corrected chi connectivity index (χ0v) is 8.71. The molecule has 0 spiro atoms. The molecule has 2 atom stereocenters. The van der Waals surface area contributed by atoms with Gasteiger partial charge in [0, 0.05) is 13.0 Å². The van der Waals surface area contributed by atoms with Gasteiger partial charge in [0.1, 0.15) is 0 Å². The molecule has 2 unspecified atom stereocenters. The number of nitriles is 1. The summed E-state index contributed by atoms with van der Waals surface area (Å²) in [5.74, 6) is 0.464. The predicted octanol–water partition coefficient (Wildman–Crippen LogP) is 1.43. The summed E-state index contributed by atoms with van der Waals surface area (Å²) in [7, 11) is 0. The van der Waals surface area contributed by atoms with Crippen LogP contribution in [0.25, 0.3) is 0 Å². The Balaban J connectivity index is 1.91. The molecule has 0 bridgehead atoms. The number of rotatable bonds is 6. The highest BCUT2D eigenvalue weighted by atomic mass is 16.3. The zero-order chi connectivity index (χ0) is 10.2. The first-order valence-corrected chi connectivity index (χ1v) is 5.60. The Hall–Kier alpha value is -0.590. The van der Waals surface area contributed by atoms with Gasteiger partial charge in [0.15, 0.2) is 0 Å². The summed E-state index contributed by atoms with van der Waals surface area (Å²) in [5, 5.41) is 21.2. The third kappa shape index (κ3) is 4.08. The fourth-order valence-electron chi connectivity index (χ4n) is 2.00. The van der Waals surface area contributed by atoms with E-state index in [0.29, 0.717) is 12.3 Å². The molecule has 0 aliphatic heterocycles. The first-order chi connectivity index (χ1) is 6.84. The van der Waals surface area contributed by atoms with Gasteiger partial charge in [-0.25, -0.2) is 0 Å². The molecular weight excluding hydrogens is 176 g/mol. The van der Waals surface area contributed by atoms with Crippen LogP contribution in [0.4, 0.5) is 0 Å². The quantitative estimate of drug-likeness (QED) is 0.632. The second-order valence-electron chi connectivity index (χ2n) is 4.08. The van der Waals surface area contributed by atoms with Crippen molar-refractivity contribution in [3.05, 3.63) is 0 Å². The molecule has 3 heteroatoms. The van der Waals surface area contributed by atoms with Crippen LogP contribution in [-0.2, 0) is 0 Å². The molecule has 0 saturated heterocycles. The van der Waals surface area contributed by atoms with E-state index in [2.05, 4.69) is 11.4 Å². The number of unbranched alkanes of at least 4 members (excludes halogenated alkanes) is 2. The van der Waals surface area contributed by atoms with E-state index >= 15 is 0 Å². The lowest BCUT2D eigenvalue weighted by Gasteiger charge is -2.14. The van der Waals surface area contributed by atoms with Gasteiger partial charge in [-0.1, -0.05) is 6.42 Å². The van der Waals surface area contributed by atoms with E-state index in [4.69, 9.17) is 5.26 Å². The second-order valence-corrected chi connectivity index (χ2v) is 4.08. The molecule has 1 fully saturated rings. The highest BCUT2D eigenvalue weighted by Gasteiger charge is 2.24. The van der Waals surface area contributed by atoms with Gasteiger partial charge >= 0.3 is 0 Å². The van der Waals surface area contributed by atoms with Crippen molar-refractivity contribution in [1.29, 1.82) is 5.26 Å². The summed E-state index contributed by atoms with van der Waals surface area (Å²) in [6, 6.07) is 2.14. The van der Waals surface area contributed by atoms with Crippen molar-refractivity contribution in [2.24, 2.45) is 5.92 Å². The lowest BCUT2D eigenvalue weighted by atomic mass is 10.1. The number of nitrogens with one attached hydrogen (secondary N) is 1. The summed E-state index contributed by atoms with van der Waals surface area (Å²) in [6.07, 6.45) is 5.93. The van der Waals surface area contributed by atoms with Crippen LogP contribution in [0.3, 0.4) is 0 Å². The van der Waals surface area contributed by atoms with Gasteiger partial charge in [-0.3, -0.25) is 0 Å². The summed E-state index contributed by atoms with van der Waals surface area (Å²) in [5.41, 5.74) is 0. The van der Waals surface area contributed by atoms with E-state index < -0.39 is 0 Å². The van der Waals surface area contributed by atoms with Crippen LogP contribution in [0.2, 0.25) is 0 Å². The van der Waals surface area contributed by atoms with Crippen LogP contribution in [0.1, 0.15) is 38.5 Å². The smallest absolute Gasteiger partial charge is 0.0621 e. The third-order valence-electron chi connectivity index (χ3n) is 2.92. The molecule has 14 heavy (non-hydrogen) atoms. The molecular formula is C11H20N2O. The largest absolute Gasteiger partial charge is 0.393 e. The number of nitrogens with zero attached hydrogens (tertiary/aromatic N) is 1. The van der Waals surface area contributed by atoms with Crippen molar-refractivity contribution in [1.82, 2.24) is 5.32 Å². The van der Waals surface area contributed by atoms with E-state index in [1.807, 2.05) is 0 Å². The van der Waals surface area contributed by atoms with Crippen molar-refractivity contribution in [2.45, 2.75) is 44.6 Å². The standard InChI is InChI=1S/C11H20N2O/c12-7-2-1-3-8-13-9-10-5-4-6-11(10)14/h10-11,13-14H,1-6,8-9H2. The van der Waals surface area contributed by atoms with Gasteiger partial charge in [0.25, 0.3) is 0 Å². The lowest BCUT2D eigenvalue weighted by molar-refractivity contribution is 0.132. The maximum atomic E-state index is 9.55. The minimum absolute atomic E-state index is 0.0818. The Bertz CT molecular complexity index is 188. The van der Waals surface area contributed by atoms with Crippen molar-refractivity contribution in [3.63, 3.8) is 0 Å². The highest BCUT2D eigenvalue weighted by Crippen LogP contribution is 2.24. The molecule has 1 rings (SSSR count). The minimum Gasteiger partial charge on any atom is -0.393 e. The van der Waals surface area contributed by atoms with E-state index in [1.165, 1.54) is 6.42 Å². The van der Waals surface area contributed by atoms with Gasteiger partial charge in [-0.05, 0) is 38.1 Å². The van der Waals surface area contributed by atoms with E-state index in [1.54, 1.807) is 0 Å². The highest BCUT2D eigenvalue weighted by molar-refractivity contribution is 4.78. The molecule has 80 valence electrons. The maximum Gasteiger partial charge on any atom is 0.0621 e. The number of aliphatic hydroxyl groups excluding tert-OH is 1. The van der Waals surface area contributed by atoms with Crippen LogP contribution in [0.15, 0.2) is 0 Å². The Kier molecular flexibility index (Phi) is 5.58. The van der Waals surface area contributed by atoms with Gasteiger partial charge in [0.05, 0.1) is 12.2 Å². The average Bonchev–Trinajstić information content (AvgIpc) is 2.58. The topological polar surface area (TPSA) is 56.0 Å². The van der Waals surface area contributed by atoms with Gasteiger partial charge in [-0.15, -0.1) is 0 Å². The Morgan fingerprint density at radius 3 is 2.86 bits per heavy atom. The third-order valence-corrected chi connectivity index (χ3v) is 2.92. The molecule has 0 radical (unpaired) electrons. The monoisotopic (exact) mass is 196 g/mol. The van der Waals surface area contributed by atoms with E-state index in [9.17, 15) is 5.11 Å². The number of hydrogen-bond donors (Lipinski definition) is 2. The first kappa shape index (κ1) is 11.5. The normalized spacial score (nSPS) is 26.3. The van der Waals surface area contributed by atoms with Crippen LogP contribution in [0, 0.1) is 17.2 Å². The van der Waals surface area contributed by atoms with Gasteiger partial charge in [-0.2, -0.15) is 5.26 Å². The zero-order valence-electron chi connectivity index (χ0n) is 8.71. The fraction of sp³-hybridized carbons (Fsp3) is 0.909. The number of aliphatic hydroxyl groups is 1. The molecule has 1 aliphatic carbocycles. The molecule has 0 aromatic rings.